The van der Waals surface area contributed by atoms with Crippen molar-refractivity contribution >= 4 is 11.3 Å². The van der Waals surface area contributed by atoms with Crippen LogP contribution >= 0.6 is 11.3 Å². The lowest BCUT2D eigenvalue weighted by molar-refractivity contribution is 0.0490. The topological polar surface area (TPSA) is 30.3 Å². The average Bonchev–Trinajstić information content (AvgIpc) is 3.26. The van der Waals surface area contributed by atoms with Gasteiger partial charge < -0.3 is 4.74 Å². The second-order valence-corrected chi connectivity index (χ2v) is 7.73. The van der Waals surface area contributed by atoms with E-state index in [1.807, 2.05) is 29.3 Å². The fourth-order valence-corrected chi connectivity index (χ4v) is 4.24. The van der Waals surface area contributed by atoms with Gasteiger partial charge in [0.1, 0.15) is 0 Å². The Morgan fingerprint density at radius 3 is 3.04 bits per heavy atom. The first kappa shape index (κ1) is 16.7. The van der Waals surface area contributed by atoms with Crippen molar-refractivity contribution in [2.75, 3.05) is 26.3 Å². The van der Waals surface area contributed by atoms with E-state index in [1.165, 1.54) is 29.7 Å². The van der Waals surface area contributed by atoms with Crippen molar-refractivity contribution in [3.05, 3.63) is 40.3 Å². The summed E-state index contributed by atoms with van der Waals surface area (Å²) < 4.78 is 7.74. The van der Waals surface area contributed by atoms with E-state index in [2.05, 4.69) is 40.6 Å². The molecule has 2 aromatic heterocycles. The van der Waals surface area contributed by atoms with Gasteiger partial charge in [0.2, 0.25) is 0 Å². The number of likely N-dealkylation sites (tertiary alicyclic amines) is 1. The molecule has 4 nitrogen and oxygen atoms in total. The highest BCUT2D eigenvalue weighted by Crippen LogP contribution is 2.36. The standard InChI is InChI=1S/C18H27N3OS/c1-3-22-15-18(7-6-17-5-4-10-23-17)8-9-21(14-18)13-16-11-19-20(2)12-16/h4-5,10-12H,3,6-9,13-15H2,1-2H3/t18-/m1/s1. The van der Waals surface area contributed by atoms with Gasteiger partial charge in [0, 0.05) is 48.8 Å². The Balaban J connectivity index is 1.60. The van der Waals surface area contributed by atoms with Gasteiger partial charge in [-0.3, -0.25) is 9.58 Å². The minimum atomic E-state index is 0.308. The fourth-order valence-electron chi connectivity index (χ4n) is 3.53. The molecule has 23 heavy (non-hydrogen) atoms. The summed E-state index contributed by atoms with van der Waals surface area (Å²) in [5.41, 5.74) is 1.61. The van der Waals surface area contributed by atoms with Gasteiger partial charge in [0.15, 0.2) is 0 Å². The summed E-state index contributed by atoms with van der Waals surface area (Å²) in [5.74, 6) is 0. The van der Waals surface area contributed by atoms with Gasteiger partial charge in [-0.1, -0.05) is 6.07 Å². The fraction of sp³-hybridized carbons (Fsp3) is 0.611. The maximum absolute atomic E-state index is 5.85. The summed E-state index contributed by atoms with van der Waals surface area (Å²) in [4.78, 5) is 4.05. The van der Waals surface area contributed by atoms with Gasteiger partial charge in [0.05, 0.1) is 12.8 Å². The van der Waals surface area contributed by atoms with Crippen LogP contribution in [0.25, 0.3) is 0 Å². The van der Waals surface area contributed by atoms with Crippen molar-refractivity contribution in [3.8, 4) is 0 Å². The highest BCUT2D eigenvalue weighted by molar-refractivity contribution is 7.09. The largest absolute Gasteiger partial charge is 0.381 e. The molecule has 0 saturated carbocycles. The lowest BCUT2D eigenvalue weighted by Gasteiger charge is -2.29. The van der Waals surface area contributed by atoms with Crippen LogP contribution in [0.5, 0.6) is 0 Å². The van der Waals surface area contributed by atoms with E-state index >= 15 is 0 Å². The van der Waals surface area contributed by atoms with Crippen molar-refractivity contribution in [1.29, 1.82) is 0 Å². The number of thiophene rings is 1. The third-order valence-corrected chi connectivity index (χ3v) is 5.71. The lowest BCUT2D eigenvalue weighted by atomic mass is 9.83. The second-order valence-electron chi connectivity index (χ2n) is 6.70. The van der Waals surface area contributed by atoms with E-state index in [-0.39, 0.29) is 0 Å². The Hall–Kier alpha value is -1.17. The molecule has 0 aliphatic carbocycles. The zero-order chi connectivity index (χ0) is 16.1. The maximum atomic E-state index is 5.85. The second kappa shape index (κ2) is 7.60. The Bertz CT molecular complexity index is 595. The van der Waals surface area contributed by atoms with Crippen molar-refractivity contribution in [3.63, 3.8) is 0 Å². The van der Waals surface area contributed by atoms with Crippen LogP contribution in [-0.2, 0) is 24.8 Å². The summed E-state index contributed by atoms with van der Waals surface area (Å²) in [5, 5.41) is 6.46. The van der Waals surface area contributed by atoms with E-state index in [0.29, 0.717) is 5.41 Å². The van der Waals surface area contributed by atoms with Crippen molar-refractivity contribution < 1.29 is 4.74 Å². The van der Waals surface area contributed by atoms with Crippen LogP contribution in [0.15, 0.2) is 29.9 Å². The van der Waals surface area contributed by atoms with Crippen LogP contribution in [0, 0.1) is 5.41 Å². The van der Waals surface area contributed by atoms with E-state index in [9.17, 15) is 0 Å². The van der Waals surface area contributed by atoms with Gasteiger partial charge in [-0.15, -0.1) is 11.3 Å². The molecule has 1 aliphatic rings. The summed E-state index contributed by atoms with van der Waals surface area (Å²) in [7, 11) is 1.98. The van der Waals surface area contributed by atoms with E-state index in [4.69, 9.17) is 4.74 Å². The highest BCUT2D eigenvalue weighted by atomic mass is 32.1. The molecule has 1 fully saturated rings. The van der Waals surface area contributed by atoms with Gasteiger partial charge in [0.25, 0.3) is 0 Å². The number of ether oxygens (including phenoxy) is 1. The first-order valence-electron chi connectivity index (χ1n) is 8.49. The minimum Gasteiger partial charge on any atom is -0.381 e. The molecule has 3 rings (SSSR count). The molecule has 0 unspecified atom stereocenters. The molecule has 0 spiro atoms. The summed E-state index contributed by atoms with van der Waals surface area (Å²) in [6, 6.07) is 4.40. The molecule has 3 heterocycles. The van der Waals surface area contributed by atoms with E-state index < -0.39 is 0 Å². The molecule has 1 aliphatic heterocycles. The van der Waals surface area contributed by atoms with Crippen LogP contribution in [0.4, 0.5) is 0 Å². The molecule has 1 saturated heterocycles. The molecule has 0 radical (unpaired) electrons. The van der Waals surface area contributed by atoms with Crippen LogP contribution in [0.1, 0.15) is 30.2 Å². The highest BCUT2D eigenvalue weighted by Gasteiger charge is 2.38. The van der Waals surface area contributed by atoms with E-state index in [0.717, 1.165) is 32.8 Å². The Morgan fingerprint density at radius 2 is 2.35 bits per heavy atom. The predicted molar refractivity (Wildman–Crippen MR) is 94.7 cm³/mol. The SMILES string of the molecule is CCOC[C@]1(CCc2cccs2)CCN(Cc2cnn(C)c2)C1. The number of aromatic nitrogens is 2. The number of hydrogen-bond acceptors (Lipinski definition) is 4. The third-order valence-electron chi connectivity index (χ3n) is 4.78. The van der Waals surface area contributed by atoms with Crippen LogP contribution in [0.2, 0.25) is 0 Å². The number of nitrogens with zero attached hydrogens (tertiary/aromatic N) is 3. The monoisotopic (exact) mass is 333 g/mol. The third kappa shape index (κ3) is 4.43. The Labute approximate surface area is 143 Å². The van der Waals surface area contributed by atoms with Crippen molar-refractivity contribution in [2.24, 2.45) is 12.5 Å². The number of rotatable bonds is 8. The molecular formula is C18H27N3OS. The van der Waals surface area contributed by atoms with Crippen molar-refractivity contribution in [2.45, 2.75) is 32.7 Å². The van der Waals surface area contributed by atoms with Crippen LogP contribution in [0.3, 0.4) is 0 Å². The quantitative estimate of drug-likeness (QED) is 0.742. The molecule has 126 valence electrons. The number of hydrogen-bond donors (Lipinski definition) is 0. The van der Waals surface area contributed by atoms with Gasteiger partial charge >= 0.3 is 0 Å². The van der Waals surface area contributed by atoms with Crippen LogP contribution in [-0.4, -0.2) is 41.0 Å². The Morgan fingerprint density at radius 1 is 1.43 bits per heavy atom. The Kier molecular flexibility index (Phi) is 5.51. The average molecular weight is 334 g/mol. The molecule has 2 aromatic rings. The van der Waals surface area contributed by atoms with Gasteiger partial charge in [-0.05, 0) is 44.2 Å². The zero-order valence-corrected chi connectivity index (χ0v) is 15.0. The smallest absolute Gasteiger partial charge is 0.0535 e. The summed E-state index contributed by atoms with van der Waals surface area (Å²) in [6.07, 6.45) is 7.73. The molecular weight excluding hydrogens is 306 g/mol. The minimum absolute atomic E-state index is 0.308. The first-order valence-corrected chi connectivity index (χ1v) is 9.37. The first-order chi connectivity index (χ1) is 11.2. The normalized spacial score (nSPS) is 22.0. The summed E-state index contributed by atoms with van der Waals surface area (Å²) in [6.45, 7) is 7.08. The molecule has 0 N–H and O–H groups in total. The van der Waals surface area contributed by atoms with Crippen molar-refractivity contribution in [1.82, 2.24) is 14.7 Å². The maximum Gasteiger partial charge on any atom is 0.0535 e. The van der Waals surface area contributed by atoms with Gasteiger partial charge in [-0.25, -0.2) is 0 Å². The molecule has 0 bridgehead atoms. The lowest BCUT2D eigenvalue weighted by Crippen LogP contribution is -2.32. The molecule has 0 aromatic carbocycles. The van der Waals surface area contributed by atoms with Crippen LogP contribution < -0.4 is 0 Å². The zero-order valence-electron chi connectivity index (χ0n) is 14.2. The van der Waals surface area contributed by atoms with E-state index in [1.54, 1.807) is 0 Å². The summed E-state index contributed by atoms with van der Waals surface area (Å²) >= 11 is 1.87. The number of aryl methyl sites for hydroxylation is 2. The molecule has 5 heteroatoms. The molecule has 1 atom stereocenters. The van der Waals surface area contributed by atoms with Gasteiger partial charge in [-0.2, -0.15) is 5.10 Å². The molecule has 0 amide bonds. The predicted octanol–water partition coefficient (Wildman–Crippen LogP) is 3.34.